The predicted octanol–water partition coefficient (Wildman–Crippen LogP) is 4.42. The van der Waals surface area contributed by atoms with E-state index in [4.69, 9.17) is 0 Å². The van der Waals surface area contributed by atoms with Gasteiger partial charge < -0.3 is 10.2 Å². The van der Waals surface area contributed by atoms with Crippen LogP contribution in [0.25, 0.3) is 0 Å². The van der Waals surface area contributed by atoms with Crippen molar-refractivity contribution in [1.82, 2.24) is 4.98 Å². The third-order valence-corrected chi connectivity index (χ3v) is 6.44. The fourth-order valence-corrected chi connectivity index (χ4v) is 4.09. The van der Waals surface area contributed by atoms with E-state index in [1.54, 1.807) is 6.92 Å². The van der Waals surface area contributed by atoms with E-state index >= 15 is 0 Å². The lowest BCUT2D eigenvalue weighted by atomic mass is 9.95. The van der Waals surface area contributed by atoms with Gasteiger partial charge in [0.2, 0.25) is 0 Å². The van der Waals surface area contributed by atoms with Crippen molar-refractivity contribution in [1.29, 1.82) is 0 Å². The minimum absolute atomic E-state index is 0.0179. The molecule has 1 atom stereocenters. The van der Waals surface area contributed by atoms with Gasteiger partial charge >= 0.3 is 11.7 Å². The van der Waals surface area contributed by atoms with Crippen molar-refractivity contribution < 1.29 is 39.6 Å². The number of amides is 1. The number of hydrogen-bond acceptors (Lipinski definition) is 5. The summed E-state index contributed by atoms with van der Waals surface area (Å²) < 4.78 is 100. The molecule has 1 aromatic carbocycles. The highest BCUT2D eigenvalue weighted by atomic mass is 32.2. The van der Waals surface area contributed by atoms with Crippen molar-refractivity contribution in [2.45, 2.75) is 23.5 Å². The Morgan fingerprint density at radius 3 is 2.27 bits per heavy atom. The molecule has 1 aromatic heterocycles. The van der Waals surface area contributed by atoms with Crippen LogP contribution in [0.3, 0.4) is 0 Å². The van der Waals surface area contributed by atoms with Crippen molar-refractivity contribution in [3.05, 3.63) is 59.8 Å². The SMILES string of the molecule is C[C@H]1CN(c2ncccc2C(F)(F)F)CC=C1C(=O)Nc1ccc(S(=O)(=O)C(F)(F)F)cc1. The molecule has 0 saturated carbocycles. The van der Waals surface area contributed by atoms with Crippen LogP contribution in [0.1, 0.15) is 12.5 Å². The first-order chi connectivity index (χ1) is 15.2. The van der Waals surface area contributed by atoms with Gasteiger partial charge in [0.15, 0.2) is 0 Å². The number of benzene rings is 1. The molecule has 0 radical (unpaired) electrons. The highest BCUT2D eigenvalue weighted by Gasteiger charge is 2.46. The molecule has 3 rings (SSSR count). The van der Waals surface area contributed by atoms with E-state index in [-0.39, 0.29) is 30.2 Å². The maximum atomic E-state index is 13.3. The molecule has 1 N–H and O–H groups in total. The Morgan fingerprint density at radius 2 is 1.73 bits per heavy atom. The average Bonchev–Trinajstić information content (AvgIpc) is 2.72. The summed E-state index contributed by atoms with van der Waals surface area (Å²) in [7, 11) is -5.51. The van der Waals surface area contributed by atoms with Crippen molar-refractivity contribution in [3.8, 4) is 0 Å². The van der Waals surface area contributed by atoms with Gasteiger partial charge in [0.1, 0.15) is 5.82 Å². The molecule has 0 bridgehead atoms. The van der Waals surface area contributed by atoms with Gasteiger partial charge in [0.05, 0.1) is 10.5 Å². The number of carbonyl (C=O) groups excluding carboxylic acids is 1. The average molecular weight is 493 g/mol. The molecule has 33 heavy (non-hydrogen) atoms. The van der Waals surface area contributed by atoms with E-state index < -0.39 is 43.8 Å². The first-order valence-electron chi connectivity index (χ1n) is 9.42. The number of hydrogen-bond donors (Lipinski definition) is 1. The first-order valence-corrected chi connectivity index (χ1v) is 10.9. The molecule has 178 valence electrons. The Balaban J connectivity index is 1.75. The number of nitrogens with one attached hydrogen (secondary N) is 1. The Kier molecular flexibility index (Phi) is 6.46. The first kappa shape index (κ1) is 24.6. The zero-order valence-corrected chi connectivity index (χ0v) is 17.7. The monoisotopic (exact) mass is 493 g/mol. The van der Waals surface area contributed by atoms with E-state index in [0.29, 0.717) is 0 Å². The molecule has 1 aliphatic heterocycles. The highest BCUT2D eigenvalue weighted by Crippen LogP contribution is 2.36. The lowest BCUT2D eigenvalue weighted by molar-refractivity contribution is -0.137. The van der Waals surface area contributed by atoms with Gasteiger partial charge in [-0.25, -0.2) is 13.4 Å². The molecule has 0 aliphatic carbocycles. The van der Waals surface area contributed by atoms with E-state index in [1.807, 2.05) is 0 Å². The predicted molar refractivity (Wildman–Crippen MR) is 107 cm³/mol. The fourth-order valence-electron chi connectivity index (χ4n) is 3.33. The van der Waals surface area contributed by atoms with Crippen molar-refractivity contribution in [3.63, 3.8) is 0 Å². The number of nitrogens with zero attached hydrogens (tertiary/aromatic N) is 2. The standard InChI is InChI=1S/C20H17F6N3O3S/c1-12-11-29(17-16(19(21,22)23)3-2-9-27-17)10-8-15(12)18(30)28-13-4-6-14(7-5-13)33(31,32)20(24,25)26/h2-9,12H,10-11H2,1H3,(H,28,30)/t12-/m0/s1. The minimum atomic E-state index is -5.51. The Labute approximate surface area is 184 Å². The van der Waals surface area contributed by atoms with Crippen LogP contribution >= 0.6 is 0 Å². The summed E-state index contributed by atoms with van der Waals surface area (Å²) in [4.78, 5) is 16.9. The lowest BCUT2D eigenvalue weighted by Crippen LogP contribution is -2.38. The van der Waals surface area contributed by atoms with E-state index in [2.05, 4.69) is 10.3 Å². The third-order valence-electron chi connectivity index (χ3n) is 4.94. The van der Waals surface area contributed by atoms with Crippen molar-refractivity contribution >= 4 is 27.2 Å². The summed E-state index contributed by atoms with van der Waals surface area (Å²) in [5.41, 5.74) is -6.03. The van der Waals surface area contributed by atoms with Crippen LogP contribution in [0.5, 0.6) is 0 Å². The van der Waals surface area contributed by atoms with Gasteiger partial charge in [0.25, 0.3) is 15.7 Å². The summed E-state index contributed by atoms with van der Waals surface area (Å²) in [6.45, 7) is 1.69. The molecule has 0 saturated heterocycles. The third kappa shape index (κ3) is 5.13. The van der Waals surface area contributed by atoms with Crippen LogP contribution in [0.15, 0.2) is 59.1 Å². The molecule has 13 heteroatoms. The van der Waals surface area contributed by atoms with Crippen LogP contribution in [0.2, 0.25) is 0 Å². The van der Waals surface area contributed by atoms with E-state index in [0.717, 1.165) is 30.3 Å². The molecule has 6 nitrogen and oxygen atoms in total. The number of anilines is 2. The molecule has 0 fully saturated rings. The fraction of sp³-hybridized carbons (Fsp3) is 0.300. The second-order valence-electron chi connectivity index (χ2n) is 7.27. The minimum Gasteiger partial charge on any atom is -0.352 e. The van der Waals surface area contributed by atoms with E-state index in [9.17, 15) is 39.6 Å². The van der Waals surface area contributed by atoms with Crippen LogP contribution in [-0.4, -0.2) is 37.9 Å². The number of sulfone groups is 1. The Morgan fingerprint density at radius 1 is 1.09 bits per heavy atom. The van der Waals surface area contributed by atoms with Gasteiger partial charge in [-0.1, -0.05) is 13.0 Å². The van der Waals surface area contributed by atoms with Gasteiger partial charge in [-0.05, 0) is 36.4 Å². The summed E-state index contributed by atoms with van der Waals surface area (Å²) in [6.07, 6.45) is -1.91. The normalized spacial score (nSPS) is 17.5. The molecule has 0 spiro atoms. The zero-order valence-electron chi connectivity index (χ0n) is 16.9. The number of aromatic nitrogens is 1. The van der Waals surface area contributed by atoms with Crippen LogP contribution < -0.4 is 10.2 Å². The molecular weight excluding hydrogens is 476 g/mol. The van der Waals surface area contributed by atoms with Crippen LogP contribution in [0.4, 0.5) is 37.8 Å². The van der Waals surface area contributed by atoms with Crippen molar-refractivity contribution in [2.24, 2.45) is 5.92 Å². The van der Waals surface area contributed by atoms with Gasteiger partial charge in [-0.3, -0.25) is 4.79 Å². The lowest BCUT2D eigenvalue weighted by Gasteiger charge is -2.32. The smallest absolute Gasteiger partial charge is 0.352 e. The van der Waals surface area contributed by atoms with Gasteiger partial charge in [0, 0.05) is 36.5 Å². The number of alkyl halides is 6. The van der Waals surface area contributed by atoms with E-state index in [1.165, 1.54) is 23.2 Å². The van der Waals surface area contributed by atoms with Crippen LogP contribution in [0, 0.1) is 5.92 Å². The Bertz CT molecular complexity index is 1170. The maximum absolute atomic E-state index is 13.3. The largest absolute Gasteiger partial charge is 0.501 e. The second kappa shape index (κ2) is 8.69. The van der Waals surface area contributed by atoms with Gasteiger partial charge in [-0.2, -0.15) is 26.3 Å². The molecule has 0 unspecified atom stereocenters. The maximum Gasteiger partial charge on any atom is 0.501 e. The second-order valence-corrected chi connectivity index (χ2v) is 9.21. The summed E-state index contributed by atoms with van der Waals surface area (Å²) in [6, 6.07) is 5.57. The van der Waals surface area contributed by atoms with Crippen LogP contribution in [-0.2, 0) is 20.8 Å². The molecule has 2 aromatic rings. The molecule has 1 amide bonds. The quantitative estimate of drug-likeness (QED) is 0.639. The van der Waals surface area contributed by atoms with Gasteiger partial charge in [-0.15, -0.1) is 0 Å². The molecule has 2 heterocycles. The molecular formula is C20H17F6N3O3S. The summed E-state index contributed by atoms with van der Waals surface area (Å²) in [5, 5.41) is 2.45. The number of carbonyl (C=O) groups is 1. The zero-order chi connectivity index (χ0) is 24.6. The number of halogens is 6. The summed E-state index contributed by atoms with van der Waals surface area (Å²) >= 11 is 0. The number of pyridine rings is 1. The summed E-state index contributed by atoms with van der Waals surface area (Å²) in [5.74, 6) is -1.36. The number of rotatable bonds is 4. The highest BCUT2D eigenvalue weighted by molar-refractivity contribution is 7.92. The topological polar surface area (TPSA) is 79.4 Å². The molecule has 1 aliphatic rings. The Hall–Kier alpha value is -3.09. The van der Waals surface area contributed by atoms with Crippen molar-refractivity contribution in [2.75, 3.05) is 23.3 Å².